The van der Waals surface area contributed by atoms with Crippen LogP contribution in [-0.4, -0.2) is 37.9 Å². The predicted molar refractivity (Wildman–Crippen MR) is 174 cm³/mol. The summed E-state index contributed by atoms with van der Waals surface area (Å²) in [5.74, 6) is -0.461. The number of hydrogen-bond donors (Lipinski definition) is 2. The van der Waals surface area contributed by atoms with Crippen LogP contribution in [0.4, 0.5) is 0 Å². The maximum Gasteiger partial charge on any atom is 0.335 e. The van der Waals surface area contributed by atoms with Gasteiger partial charge in [0.05, 0.1) is 23.4 Å². The number of rotatable bonds is 10. The summed E-state index contributed by atoms with van der Waals surface area (Å²) in [5.41, 5.74) is 9.34. The van der Waals surface area contributed by atoms with E-state index in [-0.39, 0.29) is 18.0 Å². The highest BCUT2D eigenvalue weighted by molar-refractivity contribution is 6.32. The van der Waals surface area contributed by atoms with Gasteiger partial charge in [0, 0.05) is 47.9 Å². The average molecular weight is 613 g/mol. The third kappa shape index (κ3) is 5.95. The Morgan fingerprint density at radius 1 is 1.00 bits per heavy atom. The monoisotopic (exact) mass is 612 g/mol. The van der Waals surface area contributed by atoms with Gasteiger partial charge in [0.1, 0.15) is 11.4 Å². The fraction of sp³-hybridized carbons (Fsp3) is 0.286. The highest BCUT2D eigenvalue weighted by Gasteiger charge is 2.25. The largest absolute Gasteiger partial charge is 0.494 e. The summed E-state index contributed by atoms with van der Waals surface area (Å²) in [5, 5.41) is 18.8. The van der Waals surface area contributed by atoms with Gasteiger partial charge >= 0.3 is 5.97 Å². The van der Waals surface area contributed by atoms with Gasteiger partial charge in [-0.15, -0.1) is 0 Å². The number of nitrogens with one attached hydrogen (secondary N) is 1. The van der Waals surface area contributed by atoms with Gasteiger partial charge < -0.3 is 19.7 Å². The summed E-state index contributed by atoms with van der Waals surface area (Å²) < 4.78 is 9.95. The number of fused-ring (bicyclic) bond motifs is 1. The number of carboxylic acid groups (broad SMARTS) is 1. The van der Waals surface area contributed by atoms with Gasteiger partial charge in [0.2, 0.25) is 0 Å². The molecule has 0 aliphatic carbocycles. The molecule has 228 valence electrons. The lowest BCUT2D eigenvalue weighted by Crippen LogP contribution is -2.26. The Bertz CT molecular complexity index is 1880. The first-order valence-electron chi connectivity index (χ1n) is 14.6. The van der Waals surface area contributed by atoms with Crippen molar-refractivity contribution in [2.75, 3.05) is 6.61 Å². The van der Waals surface area contributed by atoms with Crippen molar-refractivity contribution < 1.29 is 19.4 Å². The van der Waals surface area contributed by atoms with E-state index < -0.39 is 5.97 Å². The number of para-hydroxylation sites is 1. The number of hydrogen-bond acceptors (Lipinski definition) is 4. The number of benzene rings is 3. The second-order valence-electron chi connectivity index (χ2n) is 11.3. The molecule has 5 aromatic rings. The molecular weight excluding hydrogens is 576 g/mol. The van der Waals surface area contributed by atoms with Crippen LogP contribution < -0.4 is 10.1 Å². The van der Waals surface area contributed by atoms with E-state index in [0.717, 1.165) is 60.9 Å². The quantitative estimate of drug-likeness (QED) is 0.164. The topological polar surface area (TPSA) is 98.4 Å². The van der Waals surface area contributed by atoms with Crippen LogP contribution in [0, 0.1) is 27.7 Å². The van der Waals surface area contributed by atoms with Crippen LogP contribution in [0.25, 0.3) is 22.0 Å². The molecule has 0 saturated heterocycles. The van der Waals surface area contributed by atoms with Gasteiger partial charge in [0.25, 0.3) is 5.91 Å². The Hall–Kier alpha value is -4.56. The average Bonchev–Trinajstić information content (AvgIpc) is 3.42. The number of carboxylic acids is 1. The van der Waals surface area contributed by atoms with Crippen molar-refractivity contribution in [2.45, 2.75) is 47.1 Å². The van der Waals surface area contributed by atoms with Gasteiger partial charge in [-0.05, 0) is 87.1 Å². The lowest BCUT2D eigenvalue weighted by atomic mass is 9.98. The molecule has 5 rings (SSSR count). The first kappa shape index (κ1) is 30.9. The van der Waals surface area contributed by atoms with Crippen molar-refractivity contribution in [3.05, 3.63) is 105 Å². The molecule has 2 N–H and O–H groups in total. The van der Waals surface area contributed by atoms with Crippen LogP contribution in [-0.2, 0) is 27.1 Å². The van der Waals surface area contributed by atoms with Gasteiger partial charge in [-0.1, -0.05) is 41.9 Å². The summed E-state index contributed by atoms with van der Waals surface area (Å²) in [6.45, 7) is 8.65. The van der Waals surface area contributed by atoms with Crippen LogP contribution >= 0.6 is 11.6 Å². The molecule has 0 atom stereocenters. The lowest BCUT2D eigenvalue weighted by molar-refractivity contribution is 0.0696. The molecule has 0 aliphatic heterocycles. The molecule has 0 unspecified atom stereocenters. The Morgan fingerprint density at radius 2 is 1.70 bits per heavy atom. The summed E-state index contributed by atoms with van der Waals surface area (Å²) >= 11 is 6.33. The maximum atomic E-state index is 13.9. The predicted octanol–water partition coefficient (Wildman–Crippen LogP) is 7.11. The smallest absolute Gasteiger partial charge is 0.335 e. The van der Waals surface area contributed by atoms with E-state index in [2.05, 4.69) is 29.5 Å². The summed E-state index contributed by atoms with van der Waals surface area (Å²) in [7, 11) is 3.86. The molecule has 0 saturated carbocycles. The molecule has 0 radical (unpaired) electrons. The van der Waals surface area contributed by atoms with Crippen LogP contribution in [0.2, 0.25) is 5.02 Å². The minimum Gasteiger partial charge on any atom is -0.494 e. The fourth-order valence-corrected chi connectivity index (χ4v) is 6.12. The zero-order chi connectivity index (χ0) is 31.7. The highest BCUT2D eigenvalue weighted by Crippen LogP contribution is 2.37. The van der Waals surface area contributed by atoms with E-state index >= 15 is 0 Å². The number of carbonyl (C=O) groups excluding carboxylic acids is 1. The molecule has 3 aromatic carbocycles. The molecule has 0 spiro atoms. The molecule has 2 aromatic heterocycles. The summed E-state index contributed by atoms with van der Waals surface area (Å²) in [6, 6.07) is 16.7. The van der Waals surface area contributed by atoms with Crippen molar-refractivity contribution in [1.29, 1.82) is 0 Å². The summed E-state index contributed by atoms with van der Waals surface area (Å²) in [4.78, 5) is 25.3. The Kier molecular flexibility index (Phi) is 8.83. The second-order valence-corrected chi connectivity index (χ2v) is 11.6. The van der Waals surface area contributed by atoms with Crippen LogP contribution in [0.1, 0.15) is 60.9 Å². The van der Waals surface area contributed by atoms with Crippen molar-refractivity contribution >= 4 is 34.4 Å². The number of ether oxygens (including phenoxy) is 1. The minimum atomic E-state index is -1.01. The summed E-state index contributed by atoms with van der Waals surface area (Å²) in [6.07, 6.45) is 1.31. The fourth-order valence-electron chi connectivity index (χ4n) is 6.01. The molecule has 1 amide bonds. The van der Waals surface area contributed by atoms with E-state index in [4.69, 9.17) is 16.3 Å². The van der Waals surface area contributed by atoms with Crippen LogP contribution in [0.5, 0.6) is 5.75 Å². The maximum absolute atomic E-state index is 13.9. The van der Waals surface area contributed by atoms with Crippen molar-refractivity contribution in [3.8, 4) is 16.9 Å². The van der Waals surface area contributed by atoms with Crippen LogP contribution in [0.15, 0.2) is 54.6 Å². The van der Waals surface area contributed by atoms with Gasteiger partial charge in [-0.25, -0.2) is 4.79 Å². The van der Waals surface area contributed by atoms with Crippen molar-refractivity contribution in [1.82, 2.24) is 19.7 Å². The van der Waals surface area contributed by atoms with Crippen molar-refractivity contribution in [3.63, 3.8) is 0 Å². The van der Waals surface area contributed by atoms with Gasteiger partial charge in [0.15, 0.2) is 0 Å². The molecular formula is C35H37ClN4O4. The standard InChI is InChI=1S/C35H37ClN4O4/c1-20-16-26(17-21(2)31(20)36)44-15-9-14-28-27-12-8-13-29(30-22(3)38-40(6)23(30)4)32(27)39(5)33(28)34(41)37-19-24-10-7-11-25(18-24)35(42)43/h7-8,10-13,16-18H,9,14-15,19H2,1-6H3,(H,37,41)(H,42,43). The van der Waals surface area contributed by atoms with E-state index in [0.29, 0.717) is 30.7 Å². The SMILES string of the molecule is Cc1cc(OCCCc2c(C(=O)NCc3cccc(C(=O)O)c3)n(C)c3c(-c4c(C)nn(C)c4C)cccc23)cc(C)c1Cl. The lowest BCUT2D eigenvalue weighted by Gasteiger charge is -2.12. The minimum absolute atomic E-state index is 0.181. The molecule has 2 heterocycles. The first-order chi connectivity index (χ1) is 21.0. The third-order valence-electron chi connectivity index (χ3n) is 8.19. The molecule has 0 bridgehead atoms. The number of carbonyl (C=O) groups is 2. The van der Waals surface area contributed by atoms with E-state index in [1.807, 2.05) is 62.3 Å². The van der Waals surface area contributed by atoms with Crippen LogP contribution in [0.3, 0.4) is 0 Å². The van der Waals surface area contributed by atoms with E-state index in [9.17, 15) is 14.7 Å². The molecule has 9 heteroatoms. The zero-order valence-corrected chi connectivity index (χ0v) is 26.7. The number of aromatic nitrogens is 3. The molecule has 0 fully saturated rings. The zero-order valence-electron chi connectivity index (χ0n) is 25.9. The Balaban J connectivity index is 1.49. The Labute approximate surface area is 262 Å². The second kappa shape index (κ2) is 12.6. The molecule has 8 nitrogen and oxygen atoms in total. The van der Waals surface area contributed by atoms with E-state index in [1.165, 1.54) is 6.07 Å². The van der Waals surface area contributed by atoms with Gasteiger partial charge in [-0.3, -0.25) is 9.48 Å². The third-order valence-corrected chi connectivity index (χ3v) is 8.78. The van der Waals surface area contributed by atoms with Gasteiger partial charge in [-0.2, -0.15) is 5.10 Å². The highest BCUT2D eigenvalue weighted by atomic mass is 35.5. The van der Waals surface area contributed by atoms with E-state index in [1.54, 1.807) is 18.2 Å². The first-order valence-corrected chi connectivity index (χ1v) is 15.0. The van der Waals surface area contributed by atoms with Crippen molar-refractivity contribution in [2.24, 2.45) is 14.1 Å². The molecule has 0 aliphatic rings. The number of nitrogens with zero attached hydrogens (tertiary/aromatic N) is 3. The number of aromatic carboxylic acids is 1. The normalized spacial score (nSPS) is 11.2. The number of amides is 1. The number of halogens is 1. The Morgan fingerprint density at radius 3 is 2.36 bits per heavy atom. The molecule has 44 heavy (non-hydrogen) atoms. The number of aryl methyl sites for hydroxylation is 6.